The van der Waals surface area contributed by atoms with Crippen LogP contribution in [0.3, 0.4) is 0 Å². The van der Waals surface area contributed by atoms with Crippen molar-refractivity contribution >= 4 is 0 Å². The number of hydrogen-bond acceptors (Lipinski definition) is 0. The van der Waals surface area contributed by atoms with Crippen molar-refractivity contribution in [2.75, 3.05) is 19.6 Å². The van der Waals surface area contributed by atoms with Crippen molar-refractivity contribution in [1.29, 1.82) is 0 Å². The Kier molecular flexibility index (Phi) is 4.37. The summed E-state index contributed by atoms with van der Waals surface area (Å²) in [5.41, 5.74) is 5.61. The highest BCUT2D eigenvalue weighted by molar-refractivity contribution is 5.17. The molecule has 2 heteroatoms. The third-order valence-corrected chi connectivity index (χ3v) is 3.73. The largest absolute Gasteiger partial charge is 0.352 e. The molecule has 1 aromatic carbocycles. The zero-order chi connectivity index (χ0) is 11.2. The fourth-order valence-electron chi connectivity index (χ4n) is 2.82. The minimum absolute atomic E-state index is 0.610. The van der Waals surface area contributed by atoms with Crippen LogP contribution in [0.25, 0.3) is 0 Å². The molecule has 2 nitrogen and oxygen atoms in total. The Balaban J connectivity index is 2.09. The quantitative estimate of drug-likeness (QED) is 0.740. The lowest BCUT2D eigenvalue weighted by atomic mass is 10.1. The zero-order valence-corrected chi connectivity index (χ0v) is 10.1. The van der Waals surface area contributed by atoms with Gasteiger partial charge in [-0.1, -0.05) is 30.3 Å². The zero-order valence-electron chi connectivity index (χ0n) is 10.1. The molecule has 4 N–H and O–H groups in total. The van der Waals surface area contributed by atoms with Crippen LogP contribution in [0.2, 0.25) is 0 Å². The van der Waals surface area contributed by atoms with Crippen molar-refractivity contribution in [2.45, 2.75) is 31.7 Å². The Labute approximate surface area is 98.4 Å². The number of hydrogen-bond donors (Lipinski definition) is 2. The molecule has 0 saturated carbocycles. The first-order chi connectivity index (χ1) is 7.92. The Bertz CT molecular complexity index is 289. The van der Waals surface area contributed by atoms with Gasteiger partial charge in [0.25, 0.3) is 0 Å². The average Bonchev–Trinajstić information content (AvgIpc) is 2.61. The van der Waals surface area contributed by atoms with Gasteiger partial charge in [-0.2, -0.15) is 0 Å². The molecular weight excluding hydrogens is 196 g/mol. The first kappa shape index (κ1) is 11.6. The molecule has 1 fully saturated rings. The second kappa shape index (κ2) is 6.02. The average molecular weight is 220 g/mol. The van der Waals surface area contributed by atoms with Crippen LogP contribution in [0.15, 0.2) is 30.3 Å². The standard InChI is InChI=1S/C14H22N2/c15-12-14(13-8-4-3-5-9-13)16-10-6-1-2-7-11-16/h3-5,8-9,14H,1-2,6-7,10-12,15H2/p+2/t14-/m1/s1. The van der Waals surface area contributed by atoms with Crippen LogP contribution in [0, 0.1) is 0 Å². The normalized spacial score (nSPS) is 20.3. The van der Waals surface area contributed by atoms with Crippen molar-refractivity contribution in [3.05, 3.63) is 35.9 Å². The molecule has 0 spiro atoms. The van der Waals surface area contributed by atoms with Crippen LogP contribution in [0.5, 0.6) is 0 Å². The maximum atomic E-state index is 4.15. The molecule has 1 saturated heterocycles. The maximum Gasteiger partial charge on any atom is 0.162 e. The van der Waals surface area contributed by atoms with Gasteiger partial charge in [-0.3, -0.25) is 0 Å². The van der Waals surface area contributed by atoms with E-state index < -0.39 is 0 Å². The Hall–Kier alpha value is -0.860. The first-order valence-corrected chi connectivity index (χ1v) is 6.60. The summed E-state index contributed by atoms with van der Waals surface area (Å²) in [6.07, 6.45) is 5.61. The lowest BCUT2D eigenvalue weighted by molar-refractivity contribution is -0.937. The van der Waals surface area contributed by atoms with E-state index in [4.69, 9.17) is 0 Å². The van der Waals surface area contributed by atoms with Gasteiger partial charge in [0, 0.05) is 5.56 Å². The monoisotopic (exact) mass is 220 g/mol. The van der Waals surface area contributed by atoms with Crippen molar-refractivity contribution in [1.82, 2.24) is 0 Å². The SMILES string of the molecule is [NH3+]C[C@H](c1ccccc1)[NH+]1CCCCCC1. The van der Waals surface area contributed by atoms with Gasteiger partial charge in [-0.25, -0.2) is 0 Å². The molecule has 0 unspecified atom stereocenters. The molecule has 0 amide bonds. The summed E-state index contributed by atoms with van der Waals surface area (Å²) >= 11 is 0. The predicted molar refractivity (Wildman–Crippen MR) is 66.1 cm³/mol. The highest BCUT2D eigenvalue weighted by Gasteiger charge is 2.24. The number of rotatable bonds is 3. The number of quaternary nitrogens is 2. The van der Waals surface area contributed by atoms with Gasteiger partial charge >= 0.3 is 0 Å². The summed E-state index contributed by atoms with van der Waals surface area (Å²) in [5.74, 6) is 0. The molecular formula is C14H24N2+2. The van der Waals surface area contributed by atoms with E-state index in [-0.39, 0.29) is 0 Å². The molecule has 1 atom stereocenters. The van der Waals surface area contributed by atoms with Crippen LogP contribution in [0.4, 0.5) is 0 Å². The van der Waals surface area contributed by atoms with E-state index in [0.29, 0.717) is 6.04 Å². The van der Waals surface area contributed by atoms with Gasteiger partial charge in [0.15, 0.2) is 6.04 Å². The molecule has 2 rings (SSSR count). The summed E-state index contributed by atoms with van der Waals surface area (Å²) in [4.78, 5) is 1.75. The molecule has 1 aromatic rings. The molecule has 1 aliphatic rings. The molecule has 0 bridgehead atoms. The van der Waals surface area contributed by atoms with Crippen LogP contribution < -0.4 is 10.6 Å². The van der Waals surface area contributed by atoms with E-state index in [0.717, 1.165) is 6.54 Å². The fourth-order valence-corrected chi connectivity index (χ4v) is 2.82. The van der Waals surface area contributed by atoms with Gasteiger partial charge in [-0.15, -0.1) is 0 Å². The second-order valence-electron chi connectivity index (χ2n) is 4.82. The molecule has 88 valence electrons. The molecule has 0 radical (unpaired) electrons. The third kappa shape index (κ3) is 2.83. The minimum atomic E-state index is 0.610. The minimum Gasteiger partial charge on any atom is -0.352 e. The van der Waals surface area contributed by atoms with Gasteiger partial charge in [0.1, 0.15) is 6.54 Å². The summed E-state index contributed by atoms with van der Waals surface area (Å²) in [6, 6.07) is 11.5. The van der Waals surface area contributed by atoms with E-state index in [2.05, 4.69) is 36.1 Å². The summed E-state index contributed by atoms with van der Waals surface area (Å²) in [5, 5.41) is 0. The number of nitrogens with one attached hydrogen (secondary N) is 1. The van der Waals surface area contributed by atoms with Crippen molar-refractivity contribution in [3.8, 4) is 0 Å². The Morgan fingerprint density at radius 3 is 2.19 bits per heavy atom. The van der Waals surface area contributed by atoms with Crippen molar-refractivity contribution in [2.24, 2.45) is 0 Å². The Morgan fingerprint density at radius 2 is 1.62 bits per heavy atom. The van der Waals surface area contributed by atoms with Gasteiger partial charge < -0.3 is 10.6 Å². The van der Waals surface area contributed by atoms with E-state index in [1.54, 1.807) is 4.90 Å². The number of likely N-dealkylation sites (tertiary alicyclic amines) is 1. The molecule has 0 aromatic heterocycles. The highest BCUT2D eigenvalue weighted by Crippen LogP contribution is 2.09. The van der Waals surface area contributed by atoms with E-state index in [1.165, 1.54) is 44.3 Å². The van der Waals surface area contributed by atoms with Gasteiger partial charge in [0.2, 0.25) is 0 Å². The summed E-state index contributed by atoms with van der Waals surface area (Å²) in [7, 11) is 0. The lowest BCUT2D eigenvalue weighted by Gasteiger charge is -2.25. The summed E-state index contributed by atoms with van der Waals surface area (Å²) in [6.45, 7) is 3.67. The maximum absolute atomic E-state index is 4.15. The lowest BCUT2D eigenvalue weighted by Crippen LogP contribution is -3.13. The Morgan fingerprint density at radius 1 is 1.00 bits per heavy atom. The first-order valence-electron chi connectivity index (χ1n) is 6.60. The van der Waals surface area contributed by atoms with Crippen LogP contribution in [0.1, 0.15) is 37.3 Å². The number of benzene rings is 1. The van der Waals surface area contributed by atoms with Crippen molar-refractivity contribution in [3.63, 3.8) is 0 Å². The van der Waals surface area contributed by atoms with E-state index >= 15 is 0 Å². The topological polar surface area (TPSA) is 32.1 Å². The van der Waals surface area contributed by atoms with Gasteiger partial charge in [-0.05, 0) is 25.7 Å². The van der Waals surface area contributed by atoms with Gasteiger partial charge in [0.05, 0.1) is 13.1 Å². The van der Waals surface area contributed by atoms with Crippen molar-refractivity contribution < 1.29 is 10.6 Å². The van der Waals surface area contributed by atoms with E-state index in [9.17, 15) is 0 Å². The van der Waals surface area contributed by atoms with E-state index in [1.807, 2.05) is 0 Å². The smallest absolute Gasteiger partial charge is 0.162 e. The molecule has 0 aliphatic carbocycles. The fraction of sp³-hybridized carbons (Fsp3) is 0.571. The second-order valence-corrected chi connectivity index (χ2v) is 4.82. The van der Waals surface area contributed by atoms with Crippen LogP contribution in [-0.2, 0) is 0 Å². The molecule has 1 heterocycles. The third-order valence-electron chi connectivity index (χ3n) is 3.73. The molecule has 1 aliphatic heterocycles. The summed E-state index contributed by atoms with van der Waals surface area (Å²) < 4.78 is 0. The molecule has 16 heavy (non-hydrogen) atoms. The predicted octanol–water partition coefficient (Wildman–Crippen LogP) is 0.428. The highest BCUT2D eigenvalue weighted by atomic mass is 15.2. The van der Waals surface area contributed by atoms with Crippen LogP contribution >= 0.6 is 0 Å². The van der Waals surface area contributed by atoms with Crippen LogP contribution in [-0.4, -0.2) is 19.6 Å².